The summed E-state index contributed by atoms with van der Waals surface area (Å²) in [5, 5.41) is 9.35. The van der Waals surface area contributed by atoms with E-state index in [9.17, 15) is 5.11 Å². The summed E-state index contributed by atoms with van der Waals surface area (Å²) in [6, 6.07) is 15.8. The lowest BCUT2D eigenvalue weighted by molar-refractivity contribution is 0.474. The number of hydrogen-bond donors (Lipinski definition) is 1. The highest BCUT2D eigenvalue weighted by atomic mass is 16.3. The lowest BCUT2D eigenvalue weighted by atomic mass is 10.0. The predicted molar refractivity (Wildman–Crippen MR) is 62.1 cm³/mol. The molecule has 0 aliphatic rings. The van der Waals surface area contributed by atoms with Gasteiger partial charge in [-0.2, -0.15) is 0 Å². The Labute approximate surface area is 90.0 Å². The molecule has 2 aromatic carbocycles. The fourth-order valence-electron chi connectivity index (χ4n) is 1.72. The first-order valence-corrected chi connectivity index (χ1v) is 5.07. The zero-order chi connectivity index (χ0) is 10.7. The zero-order valence-corrected chi connectivity index (χ0v) is 8.77. The molecule has 0 aromatic heterocycles. The van der Waals surface area contributed by atoms with Crippen LogP contribution in [0, 0.1) is 6.92 Å². The molecule has 1 heteroatoms. The molecule has 0 amide bonds. The van der Waals surface area contributed by atoms with E-state index in [1.165, 1.54) is 11.1 Å². The van der Waals surface area contributed by atoms with Gasteiger partial charge >= 0.3 is 0 Å². The Bertz CT molecular complexity index is 417. The maximum Gasteiger partial charge on any atom is 0.115 e. The molecule has 76 valence electrons. The molecule has 2 rings (SSSR count). The first-order valence-electron chi connectivity index (χ1n) is 5.07. The van der Waals surface area contributed by atoms with Gasteiger partial charge in [-0.1, -0.05) is 42.0 Å². The van der Waals surface area contributed by atoms with E-state index in [0.29, 0.717) is 5.75 Å². The summed E-state index contributed by atoms with van der Waals surface area (Å²) in [5.41, 5.74) is 3.69. The number of benzene rings is 2. The molecule has 2 aromatic rings. The van der Waals surface area contributed by atoms with Crippen LogP contribution in [-0.4, -0.2) is 5.11 Å². The van der Waals surface area contributed by atoms with Gasteiger partial charge in [-0.05, 0) is 36.6 Å². The second-order valence-electron chi connectivity index (χ2n) is 3.84. The van der Waals surface area contributed by atoms with Gasteiger partial charge in [0, 0.05) is 0 Å². The maximum atomic E-state index is 9.35. The lowest BCUT2D eigenvalue weighted by Crippen LogP contribution is -1.88. The molecule has 1 N–H and O–H groups in total. The van der Waals surface area contributed by atoms with Crippen molar-refractivity contribution >= 4 is 0 Å². The Hall–Kier alpha value is -1.76. The number of phenols is 1. The SMILES string of the molecule is Cc1cccc(Cc2cccc(O)c2)c1. The quantitative estimate of drug-likeness (QED) is 0.785. The zero-order valence-electron chi connectivity index (χ0n) is 8.77. The molecule has 0 unspecified atom stereocenters. The van der Waals surface area contributed by atoms with Crippen molar-refractivity contribution in [3.63, 3.8) is 0 Å². The molecule has 0 spiro atoms. The van der Waals surface area contributed by atoms with Crippen molar-refractivity contribution in [3.8, 4) is 5.75 Å². The van der Waals surface area contributed by atoms with Gasteiger partial charge in [-0.25, -0.2) is 0 Å². The fourth-order valence-corrected chi connectivity index (χ4v) is 1.72. The van der Waals surface area contributed by atoms with Crippen LogP contribution in [-0.2, 0) is 6.42 Å². The number of rotatable bonds is 2. The van der Waals surface area contributed by atoms with Crippen LogP contribution in [0.4, 0.5) is 0 Å². The van der Waals surface area contributed by atoms with Crippen molar-refractivity contribution in [1.82, 2.24) is 0 Å². The van der Waals surface area contributed by atoms with Crippen molar-refractivity contribution in [2.45, 2.75) is 13.3 Å². The first kappa shape index (κ1) is 9.78. The summed E-state index contributed by atoms with van der Waals surface area (Å²) >= 11 is 0. The molecule has 0 heterocycles. The highest BCUT2D eigenvalue weighted by Crippen LogP contribution is 2.15. The van der Waals surface area contributed by atoms with Gasteiger partial charge < -0.3 is 5.11 Å². The van der Waals surface area contributed by atoms with Gasteiger partial charge in [-0.15, -0.1) is 0 Å². The topological polar surface area (TPSA) is 20.2 Å². The molecule has 0 bridgehead atoms. The largest absolute Gasteiger partial charge is 0.508 e. The van der Waals surface area contributed by atoms with Crippen molar-refractivity contribution in [1.29, 1.82) is 0 Å². The molecule has 0 radical (unpaired) electrons. The van der Waals surface area contributed by atoms with Gasteiger partial charge in [0.2, 0.25) is 0 Å². The van der Waals surface area contributed by atoms with Crippen molar-refractivity contribution in [3.05, 3.63) is 65.2 Å². The van der Waals surface area contributed by atoms with Crippen molar-refractivity contribution in [2.24, 2.45) is 0 Å². The summed E-state index contributed by atoms with van der Waals surface area (Å²) in [4.78, 5) is 0. The van der Waals surface area contributed by atoms with E-state index >= 15 is 0 Å². The van der Waals surface area contributed by atoms with E-state index in [4.69, 9.17) is 0 Å². The summed E-state index contributed by atoms with van der Waals surface area (Å²) in [6.45, 7) is 2.09. The summed E-state index contributed by atoms with van der Waals surface area (Å²) < 4.78 is 0. The third-order valence-corrected chi connectivity index (χ3v) is 2.40. The van der Waals surface area contributed by atoms with Crippen LogP contribution in [0.1, 0.15) is 16.7 Å². The van der Waals surface area contributed by atoms with Gasteiger partial charge in [0.15, 0.2) is 0 Å². The Kier molecular flexibility index (Phi) is 2.72. The minimum absolute atomic E-state index is 0.333. The Morgan fingerprint density at radius 3 is 2.27 bits per heavy atom. The standard InChI is InChI=1S/C14H14O/c1-11-4-2-5-12(8-11)9-13-6-3-7-14(15)10-13/h2-8,10,15H,9H2,1H3. The summed E-state index contributed by atoms with van der Waals surface area (Å²) in [7, 11) is 0. The highest BCUT2D eigenvalue weighted by molar-refractivity contribution is 5.33. The normalized spacial score (nSPS) is 10.2. The molecular weight excluding hydrogens is 184 g/mol. The van der Waals surface area contributed by atoms with E-state index in [0.717, 1.165) is 12.0 Å². The third kappa shape index (κ3) is 2.59. The Morgan fingerprint density at radius 2 is 1.60 bits per heavy atom. The number of phenolic OH excluding ortho intramolecular Hbond substituents is 1. The average Bonchev–Trinajstić information content (AvgIpc) is 2.17. The number of aromatic hydroxyl groups is 1. The van der Waals surface area contributed by atoms with Gasteiger partial charge in [0.25, 0.3) is 0 Å². The van der Waals surface area contributed by atoms with Crippen molar-refractivity contribution in [2.75, 3.05) is 0 Å². The van der Waals surface area contributed by atoms with Crippen LogP contribution >= 0.6 is 0 Å². The molecule has 1 nitrogen and oxygen atoms in total. The van der Waals surface area contributed by atoms with E-state index in [-0.39, 0.29) is 0 Å². The molecule has 0 aliphatic carbocycles. The van der Waals surface area contributed by atoms with E-state index in [1.54, 1.807) is 6.07 Å². The van der Waals surface area contributed by atoms with E-state index in [2.05, 4.69) is 31.2 Å². The number of hydrogen-bond acceptors (Lipinski definition) is 1. The van der Waals surface area contributed by atoms with Crippen LogP contribution in [0.2, 0.25) is 0 Å². The predicted octanol–water partition coefficient (Wildman–Crippen LogP) is 3.29. The molecular formula is C14H14O. The van der Waals surface area contributed by atoms with Gasteiger partial charge in [0.1, 0.15) is 5.75 Å². The number of aryl methyl sites for hydroxylation is 1. The van der Waals surface area contributed by atoms with Gasteiger partial charge in [0.05, 0.1) is 0 Å². The lowest BCUT2D eigenvalue weighted by Gasteiger charge is -2.03. The van der Waals surface area contributed by atoms with Crippen molar-refractivity contribution < 1.29 is 5.11 Å². The minimum atomic E-state index is 0.333. The van der Waals surface area contributed by atoms with Crippen LogP contribution in [0.15, 0.2) is 48.5 Å². The highest BCUT2D eigenvalue weighted by Gasteiger charge is 1.97. The van der Waals surface area contributed by atoms with Crippen LogP contribution in [0.5, 0.6) is 5.75 Å². The smallest absolute Gasteiger partial charge is 0.115 e. The molecule has 0 saturated heterocycles. The molecule has 0 atom stereocenters. The minimum Gasteiger partial charge on any atom is -0.508 e. The van der Waals surface area contributed by atoms with E-state index in [1.807, 2.05) is 18.2 Å². The second kappa shape index (κ2) is 4.18. The molecule has 0 fully saturated rings. The first-order chi connectivity index (χ1) is 7.24. The third-order valence-electron chi connectivity index (χ3n) is 2.40. The molecule has 0 saturated carbocycles. The fraction of sp³-hybridized carbons (Fsp3) is 0.143. The Morgan fingerprint density at radius 1 is 0.933 bits per heavy atom. The summed E-state index contributed by atoms with van der Waals surface area (Å²) in [5.74, 6) is 0.333. The molecule has 15 heavy (non-hydrogen) atoms. The van der Waals surface area contributed by atoms with Crippen LogP contribution in [0.3, 0.4) is 0 Å². The maximum absolute atomic E-state index is 9.35. The Balaban J connectivity index is 2.22. The monoisotopic (exact) mass is 198 g/mol. The van der Waals surface area contributed by atoms with Crippen LogP contribution < -0.4 is 0 Å². The van der Waals surface area contributed by atoms with Gasteiger partial charge in [-0.3, -0.25) is 0 Å². The average molecular weight is 198 g/mol. The second-order valence-corrected chi connectivity index (χ2v) is 3.84. The van der Waals surface area contributed by atoms with Crippen LogP contribution in [0.25, 0.3) is 0 Å². The summed E-state index contributed by atoms with van der Waals surface area (Å²) in [6.07, 6.45) is 0.871. The molecule has 0 aliphatic heterocycles. The van der Waals surface area contributed by atoms with E-state index < -0.39 is 0 Å².